The van der Waals surface area contributed by atoms with Crippen LogP contribution in [0.3, 0.4) is 0 Å². The summed E-state index contributed by atoms with van der Waals surface area (Å²) in [5.41, 5.74) is 2.87. The van der Waals surface area contributed by atoms with E-state index in [0.717, 1.165) is 29.2 Å². The van der Waals surface area contributed by atoms with Gasteiger partial charge in [0.05, 0.1) is 12.1 Å². The summed E-state index contributed by atoms with van der Waals surface area (Å²) in [6.45, 7) is 2.81. The Hall–Kier alpha value is -1.42. The molecule has 2 aromatic rings. The van der Waals surface area contributed by atoms with Crippen molar-refractivity contribution >= 4 is 11.2 Å². The lowest BCUT2D eigenvalue weighted by molar-refractivity contribution is 0.516. The van der Waals surface area contributed by atoms with Crippen molar-refractivity contribution in [2.75, 3.05) is 0 Å². The number of imidazole rings is 1. The monoisotopic (exact) mass is 230 g/mol. The van der Waals surface area contributed by atoms with E-state index in [1.54, 1.807) is 0 Å². The first-order valence-corrected chi connectivity index (χ1v) is 6.37. The second kappa shape index (κ2) is 4.45. The van der Waals surface area contributed by atoms with Crippen molar-refractivity contribution in [3.8, 4) is 0 Å². The standard InChI is InChI=1S/C13H18N4/c1-9-6-7-11-13(15-9)17-12(16-11)8-14-10-4-2-3-5-10/h6-7,10,14H,2-5,8H2,1H3,(H,15,16,17). The van der Waals surface area contributed by atoms with Crippen molar-refractivity contribution < 1.29 is 0 Å². The summed E-state index contributed by atoms with van der Waals surface area (Å²) in [5, 5.41) is 3.55. The van der Waals surface area contributed by atoms with Crippen molar-refractivity contribution in [2.24, 2.45) is 0 Å². The Morgan fingerprint density at radius 1 is 1.29 bits per heavy atom. The smallest absolute Gasteiger partial charge is 0.177 e. The third-order valence-electron chi connectivity index (χ3n) is 3.45. The maximum absolute atomic E-state index is 4.51. The minimum Gasteiger partial charge on any atom is -0.340 e. The predicted molar refractivity (Wildman–Crippen MR) is 67.7 cm³/mol. The molecule has 1 aliphatic carbocycles. The number of nitrogens with one attached hydrogen (secondary N) is 2. The number of rotatable bonds is 3. The molecule has 1 aliphatic rings. The largest absolute Gasteiger partial charge is 0.340 e. The molecule has 1 saturated carbocycles. The van der Waals surface area contributed by atoms with Gasteiger partial charge in [-0.25, -0.2) is 9.97 Å². The van der Waals surface area contributed by atoms with Gasteiger partial charge in [-0.05, 0) is 31.9 Å². The van der Waals surface area contributed by atoms with Gasteiger partial charge in [-0.2, -0.15) is 0 Å². The van der Waals surface area contributed by atoms with E-state index in [1.807, 2.05) is 19.1 Å². The van der Waals surface area contributed by atoms with Crippen molar-refractivity contribution in [2.45, 2.75) is 45.2 Å². The molecule has 2 heterocycles. The lowest BCUT2D eigenvalue weighted by Gasteiger charge is -2.09. The van der Waals surface area contributed by atoms with Gasteiger partial charge in [0.25, 0.3) is 0 Å². The van der Waals surface area contributed by atoms with Crippen molar-refractivity contribution in [1.29, 1.82) is 0 Å². The molecular weight excluding hydrogens is 212 g/mol. The van der Waals surface area contributed by atoms with Gasteiger partial charge in [0.2, 0.25) is 0 Å². The van der Waals surface area contributed by atoms with Crippen LogP contribution < -0.4 is 5.32 Å². The quantitative estimate of drug-likeness (QED) is 0.850. The number of aromatic nitrogens is 3. The van der Waals surface area contributed by atoms with E-state index in [1.165, 1.54) is 25.7 Å². The minimum absolute atomic E-state index is 0.679. The summed E-state index contributed by atoms with van der Waals surface area (Å²) in [6.07, 6.45) is 5.33. The third kappa shape index (κ3) is 2.31. The molecule has 4 nitrogen and oxygen atoms in total. The third-order valence-corrected chi connectivity index (χ3v) is 3.45. The molecule has 4 heteroatoms. The molecule has 0 aromatic carbocycles. The van der Waals surface area contributed by atoms with Crippen LogP contribution in [-0.2, 0) is 6.54 Å². The molecule has 0 saturated heterocycles. The first-order chi connectivity index (χ1) is 8.31. The van der Waals surface area contributed by atoms with E-state index < -0.39 is 0 Å². The fourth-order valence-electron chi connectivity index (χ4n) is 2.49. The van der Waals surface area contributed by atoms with Crippen LogP contribution in [0.1, 0.15) is 37.2 Å². The zero-order chi connectivity index (χ0) is 11.7. The van der Waals surface area contributed by atoms with Gasteiger partial charge in [0, 0.05) is 11.7 Å². The highest BCUT2D eigenvalue weighted by molar-refractivity contribution is 5.70. The fraction of sp³-hybridized carbons (Fsp3) is 0.538. The lowest BCUT2D eigenvalue weighted by atomic mass is 10.2. The van der Waals surface area contributed by atoms with Gasteiger partial charge in [-0.3, -0.25) is 0 Å². The van der Waals surface area contributed by atoms with Gasteiger partial charge in [-0.1, -0.05) is 12.8 Å². The molecule has 2 aromatic heterocycles. The van der Waals surface area contributed by atoms with Crippen LogP contribution in [-0.4, -0.2) is 21.0 Å². The highest BCUT2D eigenvalue weighted by atomic mass is 15.0. The molecular formula is C13H18N4. The summed E-state index contributed by atoms with van der Waals surface area (Å²) in [4.78, 5) is 12.2. The second-order valence-electron chi connectivity index (χ2n) is 4.87. The minimum atomic E-state index is 0.679. The number of aromatic amines is 1. The van der Waals surface area contributed by atoms with Crippen LogP contribution in [0.4, 0.5) is 0 Å². The summed E-state index contributed by atoms with van der Waals surface area (Å²) in [7, 11) is 0. The van der Waals surface area contributed by atoms with E-state index >= 15 is 0 Å². The van der Waals surface area contributed by atoms with Gasteiger partial charge in [0.15, 0.2) is 5.65 Å². The molecule has 0 radical (unpaired) electrons. The van der Waals surface area contributed by atoms with Crippen LogP contribution in [0.15, 0.2) is 12.1 Å². The average molecular weight is 230 g/mol. The highest BCUT2D eigenvalue weighted by Crippen LogP contribution is 2.18. The molecule has 0 spiro atoms. The molecule has 17 heavy (non-hydrogen) atoms. The van der Waals surface area contributed by atoms with Gasteiger partial charge in [0.1, 0.15) is 5.82 Å². The zero-order valence-electron chi connectivity index (χ0n) is 10.2. The van der Waals surface area contributed by atoms with Crippen molar-refractivity contribution in [1.82, 2.24) is 20.3 Å². The first kappa shape index (κ1) is 10.7. The van der Waals surface area contributed by atoms with E-state index in [4.69, 9.17) is 0 Å². The summed E-state index contributed by atoms with van der Waals surface area (Å²) in [6, 6.07) is 4.73. The second-order valence-corrected chi connectivity index (χ2v) is 4.87. The maximum Gasteiger partial charge on any atom is 0.177 e. The normalized spacial score (nSPS) is 17.0. The molecule has 0 amide bonds. The topological polar surface area (TPSA) is 53.6 Å². The molecule has 0 bridgehead atoms. The van der Waals surface area contributed by atoms with Crippen molar-refractivity contribution in [3.05, 3.63) is 23.7 Å². The number of H-pyrrole nitrogens is 1. The SMILES string of the molecule is Cc1ccc2[nH]c(CNC3CCCC3)nc2n1. The van der Waals surface area contributed by atoms with Gasteiger partial charge < -0.3 is 10.3 Å². The number of pyridine rings is 1. The number of fused-ring (bicyclic) bond motifs is 1. The van der Waals surface area contributed by atoms with Crippen LogP contribution in [0.2, 0.25) is 0 Å². The zero-order valence-corrected chi connectivity index (χ0v) is 10.2. The number of hydrogen-bond acceptors (Lipinski definition) is 3. The Balaban J connectivity index is 1.72. The molecule has 90 valence electrons. The first-order valence-electron chi connectivity index (χ1n) is 6.37. The van der Waals surface area contributed by atoms with E-state index in [0.29, 0.717) is 6.04 Å². The van der Waals surface area contributed by atoms with E-state index in [9.17, 15) is 0 Å². The Bertz CT molecular complexity index is 511. The number of nitrogens with zero attached hydrogens (tertiary/aromatic N) is 2. The van der Waals surface area contributed by atoms with E-state index in [2.05, 4.69) is 20.3 Å². The molecule has 3 rings (SSSR count). The van der Waals surface area contributed by atoms with Crippen molar-refractivity contribution in [3.63, 3.8) is 0 Å². The highest BCUT2D eigenvalue weighted by Gasteiger charge is 2.14. The van der Waals surface area contributed by atoms with Crippen LogP contribution in [0.25, 0.3) is 11.2 Å². The maximum atomic E-state index is 4.51. The Morgan fingerprint density at radius 3 is 2.94 bits per heavy atom. The molecule has 0 atom stereocenters. The Morgan fingerprint density at radius 2 is 2.12 bits per heavy atom. The molecule has 1 fully saturated rings. The van der Waals surface area contributed by atoms with Gasteiger partial charge >= 0.3 is 0 Å². The van der Waals surface area contributed by atoms with Gasteiger partial charge in [-0.15, -0.1) is 0 Å². The van der Waals surface area contributed by atoms with Crippen LogP contribution >= 0.6 is 0 Å². The summed E-state index contributed by atoms with van der Waals surface area (Å²) < 4.78 is 0. The number of aryl methyl sites for hydroxylation is 1. The molecule has 2 N–H and O–H groups in total. The van der Waals surface area contributed by atoms with E-state index in [-0.39, 0.29) is 0 Å². The molecule has 0 aliphatic heterocycles. The predicted octanol–water partition coefficient (Wildman–Crippen LogP) is 2.30. The summed E-state index contributed by atoms with van der Waals surface area (Å²) >= 11 is 0. The summed E-state index contributed by atoms with van der Waals surface area (Å²) in [5.74, 6) is 0.991. The molecule has 0 unspecified atom stereocenters. The average Bonchev–Trinajstić information content (AvgIpc) is 2.94. The fourth-order valence-corrected chi connectivity index (χ4v) is 2.49. The number of hydrogen-bond donors (Lipinski definition) is 2. The Labute approximate surface area is 101 Å². The lowest BCUT2D eigenvalue weighted by Crippen LogP contribution is -2.25. The van der Waals surface area contributed by atoms with Crippen LogP contribution in [0, 0.1) is 6.92 Å². The van der Waals surface area contributed by atoms with Crippen LogP contribution in [0.5, 0.6) is 0 Å². The Kier molecular flexibility index (Phi) is 2.81.